The number of carbonyl (C=O) groups is 1. The van der Waals surface area contributed by atoms with Gasteiger partial charge < -0.3 is 4.90 Å². The molecule has 2 aromatic rings. The molecule has 0 aliphatic heterocycles. The zero-order chi connectivity index (χ0) is 18.0. The summed E-state index contributed by atoms with van der Waals surface area (Å²) in [5, 5.41) is 0. The average Bonchev–Trinajstić information content (AvgIpc) is 3.35. The van der Waals surface area contributed by atoms with Crippen LogP contribution in [0.15, 0.2) is 48.5 Å². The van der Waals surface area contributed by atoms with Gasteiger partial charge in [0.05, 0.1) is 12.7 Å². The number of nitrogens with one attached hydrogen (secondary N) is 1. The Bertz CT molecular complexity index is 860. The van der Waals surface area contributed by atoms with Crippen LogP contribution < -0.4 is 9.62 Å². The van der Waals surface area contributed by atoms with Crippen LogP contribution in [0.4, 0.5) is 15.8 Å². The van der Waals surface area contributed by atoms with Gasteiger partial charge in [0, 0.05) is 17.4 Å². The number of hydrogen-bond acceptors (Lipinski definition) is 3. The predicted octanol–water partition coefficient (Wildman–Crippen LogP) is 2.94. The summed E-state index contributed by atoms with van der Waals surface area (Å²) in [7, 11) is -3.34. The lowest BCUT2D eigenvalue weighted by Crippen LogP contribution is -2.34. The highest BCUT2D eigenvalue weighted by atomic mass is 32.2. The van der Waals surface area contributed by atoms with E-state index in [0.29, 0.717) is 5.69 Å². The number of amides is 1. The van der Waals surface area contributed by atoms with E-state index >= 15 is 0 Å². The molecule has 1 saturated carbocycles. The number of nitrogens with zero attached hydrogens (tertiary/aromatic N) is 1. The van der Waals surface area contributed by atoms with Gasteiger partial charge >= 0.3 is 0 Å². The molecule has 0 radical (unpaired) electrons. The van der Waals surface area contributed by atoms with E-state index in [4.69, 9.17) is 0 Å². The molecule has 0 unspecified atom stereocenters. The normalized spacial score (nSPS) is 14.2. The fourth-order valence-corrected chi connectivity index (χ4v) is 3.22. The first kappa shape index (κ1) is 17.4. The van der Waals surface area contributed by atoms with Crippen LogP contribution in [-0.2, 0) is 21.2 Å². The van der Waals surface area contributed by atoms with Crippen LogP contribution in [0.5, 0.6) is 0 Å². The number of rotatable bonds is 6. The van der Waals surface area contributed by atoms with Crippen LogP contribution in [0.25, 0.3) is 0 Å². The van der Waals surface area contributed by atoms with E-state index in [1.54, 1.807) is 41.3 Å². The minimum absolute atomic E-state index is 0.0575. The maximum Gasteiger partial charge on any atom is 0.231 e. The summed E-state index contributed by atoms with van der Waals surface area (Å²) in [5.74, 6) is -0.387. The van der Waals surface area contributed by atoms with Crippen LogP contribution in [-0.4, -0.2) is 26.6 Å². The Kier molecular flexibility index (Phi) is 4.76. The van der Waals surface area contributed by atoms with E-state index in [1.807, 2.05) is 0 Å². The molecule has 3 rings (SSSR count). The van der Waals surface area contributed by atoms with E-state index in [2.05, 4.69) is 4.72 Å². The molecular formula is C18H19FN2O3S. The van der Waals surface area contributed by atoms with Crippen LogP contribution in [0.1, 0.15) is 18.4 Å². The highest BCUT2D eigenvalue weighted by molar-refractivity contribution is 7.92. The molecule has 0 heterocycles. The van der Waals surface area contributed by atoms with Gasteiger partial charge in [0.15, 0.2) is 0 Å². The second-order valence-corrected chi connectivity index (χ2v) is 7.97. The zero-order valence-electron chi connectivity index (χ0n) is 13.8. The molecule has 1 amide bonds. The highest BCUT2D eigenvalue weighted by Crippen LogP contribution is 2.33. The molecule has 1 N–H and O–H groups in total. The van der Waals surface area contributed by atoms with Crippen LogP contribution in [0.3, 0.4) is 0 Å². The third-order valence-corrected chi connectivity index (χ3v) is 4.50. The van der Waals surface area contributed by atoms with Gasteiger partial charge in [0.1, 0.15) is 5.82 Å². The van der Waals surface area contributed by atoms with Gasteiger partial charge in [-0.2, -0.15) is 0 Å². The Labute approximate surface area is 146 Å². The highest BCUT2D eigenvalue weighted by Gasteiger charge is 2.33. The summed E-state index contributed by atoms with van der Waals surface area (Å²) in [6.07, 6.45) is 3.17. The molecule has 5 nitrogen and oxygen atoms in total. The molecule has 25 heavy (non-hydrogen) atoms. The molecule has 0 atom stereocenters. The van der Waals surface area contributed by atoms with Gasteiger partial charge in [0.2, 0.25) is 15.9 Å². The average molecular weight is 362 g/mol. The van der Waals surface area contributed by atoms with Gasteiger partial charge in [-0.05, 0) is 54.8 Å². The maximum absolute atomic E-state index is 13.0. The summed E-state index contributed by atoms with van der Waals surface area (Å²) in [6.45, 7) is 0. The minimum Gasteiger partial charge on any atom is -0.309 e. The lowest BCUT2D eigenvalue weighted by Gasteiger charge is -2.23. The van der Waals surface area contributed by atoms with Crippen LogP contribution in [0, 0.1) is 5.82 Å². The zero-order valence-corrected chi connectivity index (χ0v) is 14.6. The van der Waals surface area contributed by atoms with E-state index < -0.39 is 10.0 Å². The van der Waals surface area contributed by atoms with Crippen molar-refractivity contribution in [3.63, 3.8) is 0 Å². The van der Waals surface area contributed by atoms with Crippen molar-refractivity contribution >= 4 is 27.3 Å². The Morgan fingerprint density at radius 2 is 1.72 bits per heavy atom. The van der Waals surface area contributed by atoms with Crippen molar-refractivity contribution in [1.29, 1.82) is 0 Å². The Morgan fingerprint density at radius 3 is 2.24 bits per heavy atom. The van der Waals surface area contributed by atoms with Crippen molar-refractivity contribution in [3.8, 4) is 0 Å². The summed E-state index contributed by atoms with van der Waals surface area (Å²) in [5.41, 5.74) is 1.94. The Balaban J connectivity index is 1.76. The Morgan fingerprint density at radius 1 is 1.12 bits per heavy atom. The molecule has 7 heteroatoms. The third-order valence-electron chi connectivity index (χ3n) is 3.90. The maximum atomic E-state index is 13.0. The molecular weight excluding hydrogens is 343 g/mol. The van der Waals surface area contributed by atoms with Gasteiger partial charge in [0.25, 0.3) is 0 Å². The lowest BCUT2D eigenvalue weighted by atomic mass is 10.1. The molecule has 1 aliphatic carbocycles. The second-order valence-electron chi connectivity index (χ2n) is 6.22. The van der Waals surface area contributed by atoms with Gasteiger partial charge in [-0.3, -0.25) is 9.52 Å². The number of carbonyl (C=O) groups excluding carboxylic acids is 1. The SMILES string of the molecule is CS(=O)(=O)Nc1ccc(N(C(=O)Cc2ccc(F)cc2)C2CC2)cc1. The summed E-state index contributed by atoms with van der Waals surface area (Å²) in [6, 6.07) is 12.8. The second kappa shape index (κ2) is 6.84. The van der Waals surface area contributed by atoms with Crippen molar-refractivity contribution in [3.05, 3.63) is 59.9 Å². The van der Waals surface area contributed by atoms with E-state index in [9.17, 15) is 17.6 Å². The number of sulfonamides is 1. The van der Waals surface area contributed by atoms with Crippen LogP contribution >= 0.6 is 0 Å². The van der Waals surface area contributed by atoms with Crippen molar-refractivity contribution < 1.29 is 17.6 Å². The molecule has 1 aliphatic rings. The molecule has 0 saturated heterocycles. The minimum atomic E-state index is -3.34. The van der Waals surface area contributed by atoms with E-state index in [-0.39, 0.29) is 24.2 Å². The van der Waals surface area contributed by atoms with Crippen molar-refractivity contribution in [2.24, 2.45) is 0 Å². The number of hydrogen-bond donors (Lipinski definition) is 1. The molecule has 0 spiro atoms. The van der Waals surface area contributed by atoms with E-state index in [1.165, 1.54) is 12.1 Å². The lowest BCUT2D eigenvalue weighted by molar-refractivity contribution is -0.118. The molecule has 0 bridgehead atoms. The van der Waals surface area contributed by atoms with E-state index in [0.717, 1.165) is 30.3 Å². The van der Waals surface area contributed by atoms with Gasteiger partial charge in [-0.1, -0.05) is 12.1 Å². The molecule has 132 valence electrons. The molecule has 0 aromatic heterocycles. The van der Waals surface area contributed by atoms with Crippen molar-refractivity contribution in [2.75, 3.05) is 15.9 Å². The Hall–Kier alpha value is -2.41. The smallest absolute Gasteiger partial charge is 0.231 e. The fourth-order valence-electron chi connectivity index (χ4n) is 2.66. The standard InChI is InChI=1S/C18H19FN2O3S/c1-25(23,24)20-15-6-8-16(9-7-15)21(17-10-11-17)18(22)12-13-2-4-14(19)5-3-13/h2-9,17,20H,10-12H2,1H3. The topological polar surface area (TPSA) is 66.5 Å². The fraction of sp³-hybridized carbons (Fsp3) is 0.278. The van der Waals surface area contributed by atoms with Crippen molar-refractivity contribution in [1.82, 2.24) is 0 Å². The van der Waals surface area contributed by atoms with Gasteiger partial charge in [-0.25, -0.2) is 12.8 Å². The molecule has 1 fully saturated rings. The predicted molar refractivity (Wildman–Crippen MR) is 95.5 cm³/mol. The van der Waals surface area contributed by atoms with Gasteiger partial charge in [-0.15, -0.1) is 0 Å². The van der Waals surface area contributed by atoms with Crippen molar-refractivity contribution in [2.45, 2.75) is 25.3 Å². The summed E-state index contributed by atoms with van der Waals surface area (Å²) >= 11 is 0. The number of benzene rings is 2. The monoisotopic (exact) mass is 362 g/mol. The first-order valence-corrected chi connectivity index (χ1v) is 9.85. The first-order valence-electron chi connectivity index (χ1n) is 7.96. The quantitative estimate of drug-likeness (QED) is 0.859. The number of anilines is 2. The third kappa shape index (κ3) is 4.79. The summed E-state index contributed by atoms with van der Waals surface area (Å²) < 4.78 is 37.9. The largest absolute Gasteiger partial charge is 0.309 e. The first-order chi connectivity index (χ1) is 11.8. The molecule has 2 aromatic carbocycles. The number of halogens is 1. The summed E-state index contributed by atoms with van der Waals surface area (Å²) in [4.78, 5) is 14.5. The van der Waals surface area contributed by atoms with Crippen LogP contribution in [0.2, 0.25) is 0 Å².